The van der Waals surface area contributed by atoms with Gasteiger partial charge in [-0.2, -0.15) is 8.78 Å². The number of alkyl halides is 2. The van der Waals surface area contributed by atoms with Crippen LogP contribution in [-0.4, -0.2) is 19.2 Å². The van der Waals surface area contributed by atoms with E-state index in [4.69, 9.17) is 10.5 Å². The predicted octanol–water partition coefficient (Wildman–Crippen LogP) is 2.28. The van der Waals surface area contributed by atoms with Crippen LogP contribution in [0.25, 0.3) is 0 Å². The van der Waals surface area contributed by atoms with E-state index < -0.39 is 6.61 Å². The molecule has 0 heterocycles. The summed E-state index contributed by atoms with van der Waals surface area (Å²) in [7, 11) is 0. The number of benzene rings is 1. The van der Waals surface area contributed by atoms with Gasteiger partial charge in [-0.15, -0.1) is 0 Å². The molecule has 0 saturated heterocycles. The standard InChI is InChI=1S/C12H15F2NO3/c1-3-17-10(16)6-8-4-5-9(18-12(13)14)11(15)7(8)2/h4-5,12H,3,6,15H2,1-2H3. The number of ether oxygens (including phenoxy) is 2. The molecule has 0 aliphatic carbocycles. The van der Waals surface area contributed by atoms with Crippen molar-refractivity contribution in [3.05, 3.63) is 23.3 Å². The average Bonchev–Trinajstić information content (AvgIpc) is 2.29. The van der Waals surface area contributed by atoms with Gasteiger partial charge in [-0.1, -0.05) is 6.07 Å². The van der Waals surface area contributed by atoms with Gasteiger partial charge in [0, 0.05) is 0 Å². The first-order valence-electron chi connectivity index (χ1n) is 5.44. The Morgan fingerprint density at radius 3 is 2.67 bits per heavy atom. The van der Waals surface area contributed by atoms with E-state index in [0.29, 0.717) is 17.7 Å². The molecule has 0 atom stereocenters. The molecule has 0 unspecified atom stereocenters. The number of nitrogens with two attached hydrogens (primary N) is 1. The maximum atomic E-state index is 12.1. The lowest BCUT2D eigenvalue weighted by molar-refractivity contribution is -0.142. The fourth-order valence-electron chi connectivity index (χ4n) is 1.51. The Balaban J connectivity index is 2.90. The molecule has 0 spiro atoms. The normalized spacial score (nSPS) is 10.5. The van der Waals surface area contributed by atoms with Gasteiger partial charge in [0.25, 0.3) is 0 Å². The van der Waals surface area contributed by atoms with Crippen LogP contribution in [0.1, 0.15) is 18.1 Å². The second-order valence-electron chi connectivity index (χ2n) is 3.62. The lowest BCUT2D eigenvalue weighted by Crippen LogP contribution is -2.11. The Bertz CT molecular complexity index is 436. The van der Waals surface area contributed by atoms with Gasteiger partial charge in [-0.25, -0.2) is 0 Å². The number of carbonyl (C=O) groups excluding carboxylic acids is 1. The third-order valence-corrected chi connectivity index (χ3v) is 2.44. The van der Waals surface area contributed by atoms with Gasteiger partial charge >= 0.3 is 12.6 Å². The van der Waals surface area contributed by atoms with Crippen molar-refractivity contribution in [3.8, 4) is 5.75 Å². The Kier molecular flexibility index (Phi) is 4.88. The Labute approximate surface area is 104 Å². The van der Waals surface area contributed by atoms with Gasteiger partial charge < -0.3 is 15.2 Å². The molecule has 1 rings (SSSR count). The van der Waals surface area contributed by atoms with Crippen LogP contribution in [-0.2, 0) is 16.0 Å². The zero-order valence-corrected chi connectivity index (χ0v) is 10.2. The summed E-state index contributed by atoms with van der Waals surface area (Å²) in [6.07, 6.45) is 0.0544. The number of hydrogen-bond acceptors (Lipinski definition) is 4. The molecule has 0 bridgehead atoms. The van der Waals surface area contributed by atoms with Crippen LogP contribution in [0, 0.1) is 6.92 Å². The van der Waals surface area contributed by atoms with Crippen molar-refractivity contribution in [2.75, 3.05) is 12.3 Å². The van der Waals surface area contributed by atoms with Gasteiger partial charge in [0.2, 0.25) is 0 Å². The minimum absolute atomic E-state index is 0.0544. The highest BCUT2D eigenvalue weighted by atomic mass is 19.3. The molecule has 6 heteroatoms. The summed E-state index contributed by atoms with van der Waals surface area (Å²) in [5, 5.41) is 0. The summed E-state index contributed by atoms with van der Waals surface area (Å²) in [6, 6.07) is 2.85. The molecule has 1 aromatic rings. The highest BCUT2D eigenvalue weighted by Gasteiger charge is 2.14. The Morgan fingerprint density at radius 2 is 2.11 bits per heavy atom. The molecule has 0 fully saturated rings. The van der Waals surface area contributed by atoms with Crippen LogP contribution in [0.3, 0.4) is 0 Å². The SMILES string of the molecule is CCOC(=O)Cc1ccc(OC(F)F)c(N)c1C. The zero-order chi connectivity index (χ0) is 13.7. The van der Waals surface area contributed by atoms with E-state index in [0.717, 1.165) is 0 Å². The molecular weight excluding hydrogens is 244 g/mol. The number of esters is 1. The Hall–Kier alpha value is -1.85. The van der Waals surface area contributed by atoms with Crippen LogP contribution in [0.4, 0.5) is 14.5 Å². The number of halogens is 2. The van der Waals surface area contributed by atoms with Crippen molar-refractivity contribution in [1.29, 1.82) is 0 Å². The average molecular weight is 259 g/mol. The van der Waals surface area contributed by atoms with E-state index in [-0.39, 0.29) is 23.8 Å². The van der Waals surface area contributed by atoms with Gasteiger partial charge in [0.05, 0.1) is 18.7 Å². The van der Waals surface area contributed by atoms with Crippen molar-refractivity contribution >= 4 is 11.7 Å². The van der Waals surface area contributed by atoms with Gasteiger partial charge in [-0.05, 0) is 31.0 Å². The smallest absolute Gasteiger partial charge is 0.387 e. The molecule has 0 aromatic heterocycles. The molecule has 0 aliphatic heterocycles. The largest absolute Gasteiger partial charge is 0.466 e. The first kappa shape index (κ1) is 14.2. The first-order valence-corrected chi connectivity index (χ1v) is 5.44. The minimum Gasteiger partial charge on any atom is -0.466 e. The third kappa shape index (κ3) is 3.58. The fourth-order valence-corrected chi connectivity index (χ4v) is 1.51. The third-order valence-electron chi connectivity index (χ3n) is 2.44. The minimum atomic E-state index is -2.93. The summed E-state index contributed by atoms with van der Waals surface area (Å²) >= 11 is 0. The molecule has 0 aliphatic rings. The van der Waals surface area contributed by atoms with E-state index in [2.05, 4.69) is 4.74 Å². The van der Waals surface area contributed by atoms with Crippen molar-refractivity contribution in [2.24, 2.45) is 0 Å². The molecule has 18 heavy (non-hydrogen) atoms. The van der Waals surface area contributed by atoms with E-state index in [1.54, 1.807) is 13.8 Å². The number of anilines is 1. The topological polar surface area (TPSA) is 61.5 Å². The van der Waals surface area contributed by atoms with E-state index in [1.165, 1.54) is 12.1 Å². The quantitative estimate of drug-likeness (QED) is 0.651. The van der Waals surface area contributed by atoms with E-state index in [1.807, 2.05) is 0 Å². The van der Waals surface area contributed by atoms with Gasteiger partial charge in [0.1, 0.15) is 5.75 Å². The van der Waals surface area contributed by atoms with Gasteiger partial charge in [-0.3, -0.25) is 4.79 Å². The molecule has 100 valence electrons. The lowest BCUT2D eigenvalue weighted by atomic mass is 10.0. The van der Waals surface area contributed by atoms with Crippen molar-refractivity contribution < 1.29 is 23.0 Å². The van der Waals surface area contributed by atoms with E-state index in [9.17, 15) is 13.6 Å². The highest BCUT2D eigenvalue weighted by molar-refractivity contribution is 5.75. The zero-order valence-electron chi connectivity index (χ0n) is 10.2. The van der Waals surface area contributed by atoms with Crippen molar-refractivity contribution in [2.45, 2.75) is 26.9 Å². The number of nitrogen functional groups attached to an aromatic ring is 1. The summed E-state index contributed by atoms with van der Waals surface area (Å²) in [5.41, 5.74) is 6.95. The second-order valence-corrected chi connectivity index (χ2v) is 3.62. The van der Waals surface area contributed by atoms with Crippen molar-refractivity contribution in [1.82, 2.24) is 0 Å². The molecule has 1 aromatic carbocycles. The van der Waals surface area contributed by atoms with Crippen LogP contribution in [0.5, 0.6) is 5.75 Å². The monoisotopic (exact) mass is 259 g/mol. The summed E-state index contributed by atoms with van der Waals surface area (Å²) in [5.74, 6) is -0.474. The van der Waals surface area contributed by atoms with Gasteiger partial charge in [0.15, 0.2) is 0 Å². The van der Waals surface area contributed by atoms with Crippen LogP contribution in [0.2, 0.25) is 0 Å². The van der Waals surface area contributed by atoms with Crippen LogP contribution < -0.4 is 10.5 Å². The molecule has 2 N–H and O–H groups in total. The first-order chi connectivity index (χ1) is 8.45. The lowest BCUT2D eigenvalue weighted by Gasteiger charge is -2.13. The molecular formula is C12H15F2NO3. The van der Waals surface area contributed by atoms with Crippen molar-refractivity contribution in [3.63, 3.8) is 0 Å². The summed E-state index contributed by atoms with van der Waals surface area (Å²) in [4.78, 5) is 11.3. The molecule has 4 nitrogen and oxygen atoms in total. The predicted molar refractivity (Wildman–Crippen MR) is 62.6 cm³/mol. The number of hydrogen-bond donors (Lipinski definition) is 1. The molecule has 0 saturated carbocycles. The van der Waals surface area contributed by atoms with E-state index >= 15 is 0 Å². The Morgan fingerprint density at radius 1 is 1.44 bits per heavy atom. The number of carbonyl (C=O) groups is 1. The second kappa shape index (κ2) is 6.18. The maximum absolute atomic E-state index is 12.1. The molecule has 0 radical (unpaired) electrons. The number of rotatable bonds is 5. The summed E-state index contributed by atoms with van der Waals surface area (Å²) in [6.45, 7) is 0.712. The van der Waals surface area contributed by atoms with Crippen LogP contribution >= 0.6 is 0 Å². The fraction of sp³-hybridized carbons (Fsp3) is 0.417. The summed E-state index contributed by atoms with van der Waals surface area (Å²) < 4.78 is 33.2. The highest BCUT2D eigenvalue weighted by Crippen LogP contribution is 2.29. The maximum Gasteiger partial charge on any atom is 0.387 e. The van der Waals surface area contributed by atoms with Crippen LogP contribution in [0.15, 0.2) is 12.1 Å². The molecule has 0 amide bonds.